The van der Waals surface area contributed by atoms with Crippen molar-refractivity contribution in [2.24, 2.45) is 0 Å². The third kappa shape index (κ3) is 4.89. The van der Waals surface area contributed by atoms with Crippen LogP contribution < -0.4 is 5.32 Å². The van der Waals surface area contributed by atoms with Crippen LogP contribution in [0.4, 0.5) is 10.6 Å². The van der Waals surface area contributed by atoms with E-state index in [2.05, 4.69) is 54.1 Å². The highest BCUT2D eigenvalue weighted by molar-refractivity contribution is 6.74. The Bertz CT molecular complexity index is 861. The molecule has 1 fully saturated rings. The van der Waals surface area contributed by atoms with Gasteiger partial charge in [-0.1, -0.05) is 20.8 Å². The van der Waals surface area contributed by atoms with Crippen LogP contribution in [0.3, 0.4) is 0 Å². The quantitative estimate of drug-likeness (QED) is 0.610. The molecule has 29 heavy (non-hydrogen) atoms. The van der Waals surface area contributed by atoms with Crippen LogP contribution >= 0.6 is 0 Å². The van der Waals surface area contributed by atoms with Crippen molar-refractivity contribution in [3.8, 4) is 0 Å². The van der Waals surface area contributed by atoms with Gasteiger partial charge in [0, 0.05) is 31.9 Å². The Labute approximate surface area is 173 Å². The number of piperidine rings is 1. The summed E-state index contributed by atoms with van der Waals surface area (Å²) in [6.45, 7) is 13.0. The first-order chi connectivity index (χ1) is 13.6. The smallest absolute Gasteiger partial charge is 0.407 e. The minimum absolute atomic E-state index is 0.0455. The van der Waals surface area contributed by atoms with Crippen molar-refractivity contribution < 1.29 is 14.3 Å². The van der Waals surface area contributed by atoms with Crippen LogP contribution in [0, 0.1) is 0 Å². The van der Waals surface area contributed by atoms with Crippen molar-refractivity contribution in [3.63, 3.8) is 0 Å². The van der Waals surface area contributed by atoms with Crippen LogP contribution in [-0.4, -0.2) is 65.1 Å². The first kappa shape index (κ1) is 21.6. The molecule has 0 saturated carbocycles. The standard InChI is InChI=1S/C20H33N5O3Si/c1-20(2,3)29(4,5)28-10-8-14-11-21-17-16(14)18(23-13-22-17)24-15-7-6-9-25(12-15)19(26)27/h11,13,15H,6-10,12H2,1-5H3,(H,26,27)(H2,21,22,23,24). The first-order valence-corrected chi connectivity index (χ1v) is 13.2. The van der Waals surface area contributed by atoms with Crippen molar-refractivity contribution in [1.29, 1.82) is 0 Å². The van der Waals surface area contributed by atoms with Gasteiger partial charge in [-0.05, 0) is 43.0 Å². The second-order valence-electron chi connectivity index (χ2n) is 9.33. The number of nitrogens with one attached hydrogen (secondary N) is 2. The van der Waals surface area contributed by atoms with E-state index >= 15 is 0 Å². The number of likely N-dealkylation sites (tertiary alicyclic amines) is 1. The number of aromatic amines is 1. The lowest BCUT2D eigenvalue weighted by Gasteiger charge is -2.36. The molecule has 3 rings (SSSR count). The Morgan fingerprint density at radius 2 is 2.17 bits per heavy atom. The molecule has 0 spiro atoms. The van der Waals surface area contributed by atoms with Gasteiger partial charge in [0.25, 0.3) is 0 Å². The Morgan fingerprint density at radius 1 is 1.41 bits per heavy atom. The monoisotopic (exact) mass is 419 g/mol. The number of H-pyrrole nitrogens is 1. The Morgan fingerprint density at radius 3 is 2.86 bits per heavy atom. The summed E-state index contributed by atoms with van der Waals surface area (Å²) in [6.07, 6.45) is 5.19. The zero-order chi connectivity index (χ0) is 21.2. The zero-order valence-corrected chi connectivity index (χ0v) is 19.1. The molecular formula is C20H33N5O3Si. The second kappa shape index (κ2) is 8.31. The molecule has 1 unspecified atom stereocenters. The molecule has 2 aromatic heterocycles. The van der Waals surface area contributed by atoms with Gasteiger partial charge < -0.3 is 24.7 Å². The minimum atomic E-state index is -1.79. The van der Waals surface area contributed by atoms with Gasteiger partial charge in [-0.25, -0.2) is 14.8 Å². The van der Waals surface area contributed by atoms with E-state index in [0.29, 0.717) is 19.7 Å². The molecule has 1 atom stereocenters. The molecule has 1 saturated heterocycles. The van der Waals surface area contributed by atoms with Crippen molar-refractivity contribution in [2.75, 3.05) is 25.0 Å². The largest absolute Gasteiger partial charge is 0.465 e. The summed E-state index contributed by atoms with van der Waals surface area (Å²) >= 11 is 0. The van der Waals surface area contributed by atoms with Crippen molar-refractivity contribution in [3.05, 3.63) is 18.1 Å². The summed E-state index contributed by atoms with van der Waals surface area (Å²) in [7, 11) is -1.79. The Kier molecular flexibility index (Phi) is 6.18. The van der Waals surface area contributed by atoms with Gasteiger partial charge in [-0.15, -0.1) is 0 Å². The van der Waals surface area contributed by atoms with E-state index in [-0.39, 0.29) is 11.1 Å². The first-order valence-electron chi connectivity index (χ1n) is 10.3. The molecule has 160 valence electrons. The van der Waals surface area contributed by atoms with Crippen LogP contribution in [-0.2, 0) is 10.8 Å². The van der Waals surface area contributed by atoms with Gasteiger partial charge in [0.2, 0.25) is 0 Å². The number of anilines is 1. The number of aromatic nitrogens is 3. The maximum atomic E-state index is 11.3. The van der Waals surface area contributed by atoms with Gasteiger partial charge >= 0.3 is 6.09 Å². The van der Waals surface area contributed by atoms with Gasteiger partial charge in [0.1, 0.15) is 17.8 Å². The van der Waals surface area contributed by atoms with Gasteiger partial charge in [-0.2, -0.15) is 0 Å². The van der Waals surface area contributed by atoms with Gasteiger partial charge in [-0.3, -0.25) is 0 Å². The van der Waals surface area contributed by atoms with E-state index in [0.717, 1.165) is 41.7 Å². The summed E-state index contributed by atoms with van der Waals surface area (Å²) < 4.78 is 6.34. The number of fused-ring (bicyclic) bond motifs is 1. The average molecular weight is 420 g/mol. The van der Waals surface area contributed by atoms with Crippen LogP contribution in [0.25, 0.3) is 11.0 Å². The lowest BCUT2D eigenvalue weighted by atomic mass is 10.1. The molecule has 0 bridgehead atoms. The molecule has 3 N–H and O–H groups in total. The number of amides is 1. The molecule has 0 aromatic carbocycles. The fourth-order valence-corrected chi connectivity index (χ4v) is 4.47. The molecule has 1 amide bonds. The third-order valence-electron chi connectivity index (χ3n) is 6.22. The highest BCUT2D eigenvalue weighted by Gasteiger charge is 2.37. The maximum absolute atomic E-state index is 11.3. The van der Waals surface area contributed by atoms with E-state index in [1.165, 1.54) is 11.2 Å². The predicted molar refractivity (Wildman–Crippen MR) is 117 cm³/mol. The van der Waals surface area contributed by atoms with Gasteiger partial charge in [0.05, 0.1) is 5.39 Å². The number of nitrogens with zero attached hydrogens (tertiary/aromatic N) is 3. The van der Waals surface area contributed by atoms with Gasteiger partial charge in [0.15, 0.2) is 8.32 Å². The normalized spacial score (nSPS) is 18.2. The maximum Gasteiger partial charge on any atom is 0.407 e. The molecule has 1 aliphatic heterocycles. The van der Waals surface area contributed by atoms with E-state index in [9.17, 15) is 9.90 Å². The molecule has 0 radical (unpaired) electrons. The Balaban J connectivity index is 1.73. The fourth-order valence-electron chi connectivity index (χ4n) is 3.43. The summed E-state index contributed by atoms with van der Waals surface area (Å²) in [5.41, 5.74) is 1.91. The number of carboxylic acid groups (broad SMARTS) is 1. The number of rotatable bonds is 6. The van der Waals surface area contributed by atoms with Crippen LogP contribution in [0.15, 0.2) is 12.5 Å². The number of hydrogen-bond donors (Lipinski definition) is 3. The van der Waals surface area contributed by atoms with E-state index in [1.807, 2.05) is 6.20 Å². The average Bonchev–Trinajstić information content (AvgIpc) is 3.05. The van der Waals surface area contributed by atoms with E-state index in [1.54, 1.807) is 0 Å². The minimum Gasteiger partial charge on any atom is -0.465 e. The van der Waals surface area contributed by atoms with Crippen LogP contribution in [0.1, 0.15) is 39.2 Å². The second-order valence-corrected chi connectivity index (χ2v) is 14.1. The topological polar surface area (TPSA) is 103 Å². The SMILES string of the molecule is CC(C)(C)[Si](C)(C)OCCc1c[nH]c2ncnc(NC3CCCN(C(=O)O)C3)c12. The lowest BCUT2D eigenvalue weighted by molar-refractivity contribution is 0.133. The molecule has 1 aliphatic rings. The number of hydrogen-bond acceptors (Lipinski definition) is 5. The van der Waals surface area contributed by atoms with Crippen LogP contribution in [0.5, 0.6) is 0 Å². The zero-order valence-electron chi connectivity index (χ0n) is 18.1. The molecule has 2 aromatic rings. The Hall–Kier alpha value is -2.13. The molecule has 0 aliphatic carbocycles. The lowest BCUT2D eigenvalue weighted by Crippen LogP contribution is -2.44. The molecule has 3 heterocycles. The third-order valence-corrected chi connectivity index (χ3v) is 10.8. The molecule has 8 nitrogen and oxygen atoms in total. The molecular weight excluding hydrogens is 386 g/mol. The van der Waals surface area contributed by atoms with Crippen molar-refractivity contribution in [1.82, 2.24) is 19.9 Å². The number of carbonyl (C=O) groups is 1. The highest BCUT2D eigenvalue weighted by atomic mass is 28.4. The summed E-state index contributed by atoms with van der Waals surface area (Å²) in [5.74, 6) is 0.760. The summed E-state index contributed by atoms with van der Waals surface area (Å²) in [4.78, 5) is 24.8. The highest BCUT2D eigenvalue weighted by Crippen LogP contribution is 2.36. The molecule has 9 heteroatoms. The van der Waals surface area contributed by atoms with Crippen LogP contribution in [0.2, 0.25) is 18.1 Å². The van der Waals surface area contributed by atoms with E-state index in [4.69, 9.17) is 4.43 Å². The fraction of sp³-hybridized carbons (Fsp3) is 0.650. The van der Waals surface area contributed by atoms with Crippen molar-refractivity contribution >= 4 is 31.3 Å². The van der Waals surface area contributed by atoms with E-state index < -0.39 is 14.4 Å². The predicted octanol–water partition coefficient (Wildman–Crippen LogP) is 4.08. The summed E-state index contributed by atoms with van der Waals surface area (Å²) in [5, 5.41) is 13.9. The summed E-state index contributed by atoms with van der Waals surface area (Å²) in [6, 6.07) is 0.0455. The van der Waals surface area contributed by atoms with Crippen molar-refractivity contribution in [2.45, 2.75) is 64.2 Å².